The van der Waals surface area contributed by atoms with Gasteiger partial charge < -0.3 is 10.6 Å². The number of nitrogens with zero attached hydrogens (tertiary/aromatic N) is 3. The van der Waals surface area contributed by atoms with Crippen LogP contribution < -0.4 is 10.6 Å². The molecule has 6 nitrogen and oxygen atoms in total. The first-order valence-corrected chi connectivity index (χ1v) is 7.22. The molecule has 1 amide bonds. The summed E-state index contributed by atoms with van der Waals surface area (Å²) in [4.78, 5) is 16.7. The van der Waals surface area contributed by atoms with Crippen LogP contribution in [0.15, 0.2) is 36.7 Å². The van der Waals surface area contributed by atoms with Crippen LogP contribution in [0, 0.1) is 5.92 Å². The number of aromatic nitrogens is 3. The normalized spacial score (nSPS) is 20.0. The van der Waals surface area contributed by atoms with Crippen molar-refractivity contribution < 1.29 is 4.79 Å². The quantitative estimate of drug-likeness (QED) is 0.878. The van der Waals surface area contributed by atoms with Gasteiger partial charge in [0.2, 0.25) is 0 Å². The monoisotopic (exact) mass is 357 g/mol. The highest BCUT2D eigenvalue weighted by Gasteiger charge is 2.23. The molecule has 1 aliphatic heterocycles. The highest BCUT2D eigenvalue weighted by atomic mass is 35.5. The van der Waals surface area contributed by atoms with Crippen LogP contribution in [-0.4, -0.2) is 39.8 Å². The lowest BCUT2D eigenvalue weighted by atomic mass is 9.95. The number of rotatable bonds is 3. The van der Waals surface area contributed by atoms with Crippen molar-refractivity contribution in [3.8, 4) is 5.82 Å². The summed E-state index contributed by atoms with van der Waals surface area (Å²) in [7, 11) is 0. The highest BCUT2D eigenvalue weighted by Crippen LogP contribution is 2.12. The molecule has 0 bridgehead atoms. The smallest absolute Gasteiger partial charge is 0.270 e. The Morgan fingerprint density at radius 1 is 1.35 bits per heavy atom. The molecule has 2 aromatic rings. The molecule has 8 heteroatoms. The first-order chi connectivity index (χ1) is 10.2. The molecule has 0 radical (unpaired) electrons. The Hall–Kier alpha value is -1.63. The van der Waals surface area contributed by atoms with E-state index in [1.54, 1.807) is 23.1 Å². The van der Waals surface area contributed by atoms with E-state index in [9.17, 15) is 4.79 Å². The third-order valence-electron chi connectivity index (χ3n) is 3.85. The van der Waals surface area contributed by atoms with Crippen molar-refractivity contribution >= 4 is 30.7 Å². The number of pyridine rings is 1. The number of halogens is 2. The number of nitrogens with one attached hydrogen (secondary N) is 2. The zero-order valence-corrected chi connectivity index (χ0v) is 14.4. The lowest BCUT2D eigenvalue weighted by molar-refractivity contribution is 0.0910. The number of hydrogen-bond donors (Lipinski definition) is 2. The molecule has 23 heavy (non-hydrogen) atoms. The van der Waals surface area contributed by atoms with Crippen LogP contribution in [-0.2, 0) is 0 Å². The van der Waals surface area contributed by atoms with Gasteiger partial charge in [0.05, 0.1) is 0 Å². The van der Waals surface area contributed by atoms with Crippen molar-refractivity contribution in [3.05, 3.63) is 42.4 Å². The van der Waals surface area contributed by atoms with Crippen LogP contribution in [0.4, 0.5) is 0 Å². The van der Waals surface area contributed by atoms with Gasteiger partial charge in [-0.3, -0.25) is 4.79 Å². The number of amides is 1. The van der Waals surface area contributed by atoms with Crippen LogP contribution in [0.5, 0.6) is 0 Å². The first-order valence-electron chi connectivity index (χ1n) is 7.22. The summed E-state index contributed by atoms with van der Waals surface area (Å²) < 4.78 is 1.64. The van der Waals surface area contributed by atoms with E-state index in [0.29, 0.717) is 17.4 Å². The standard InChI is InChI=1S/C15H19N5O.2ClH/c1-11-6-8-16-10-13(11)19-15(21)12-4-2-5-14(18-12)20-9-3-7-17-20;;/h2-5,7,9,11,13,16H,6,8,10H2,1H3,(H,19,21);2*1H. The summed E-state index contributed by atoms with van der Waals surface area (Å²) in [6, 6.07) is 7.35. The lowest BCUT2D eigenvalue weighted by Gasteiger charge is -2.30. The SMILES string of the molecule is CC1CCNCC1NC(=O)c1cccc(-n2cccn2)n1.Cl.Cl. The minimum atomic E-state index is -0.135. The molecular weight excluding hydrogens is 337 g/mol. The second-order valence-corrected chi connectivity index (χ2v) is 5.38. The molecule has 0 saturated carbocycles. The van der Waals surface area contributed by atoms with Crippen molar-refractivity contribution in [3.63, 3.8) is 0 Å². The Morgan fingerprint density at radius 3 is 2.87 bits per heavy atom. The van der Waals surface area contributed by atoms with E-state index < -0.39 is 0 Å². The fraction of sp³-hybridized carbons (Fsp3) is 0.400. The minimum absolute atomic E-state index is 0. The maximum atomic E-state index is 12.3. The molecule has 0 spiro atoms. The summed E-state index contributed by atoms with van der Waals surface area (Å²) in [5.74, 6) is 0.983. The van der Waals surface area contributed by atoms with Crippen molar-refractivity contribution in [1.29, 1.82) is 0 Å². The van der Waals surface area contributed by atoms with Crippen LogP contribution >= 0.6 is 24.8 Å². The largest absolute Gasteiger partial charge is 0.346 e. The molecule has 3 heterocycles. The minimum Gasteiger partial charge on any atom is -0.346 e. The molecule has 126 valence electrons. The van der Waals surface area contributed by atoms with Crippen molar-refractivity contribution in [2.24, 2.45) is 5.92 Å². The van der Waals surface area contributed by atoms with Crippen molar-refractivity contribution in [2.45, 2.75) is 19.4 Å². The third-order valence-corrected chi connectivity index (χ3v) is 3.85. The molecule has 2 unspecified atom stereocenters. The van der Waals surface area contributed by atoms with Gasteiger partial charge in [0.1, 0.15) is 5.69 Å². The molecule has 2 atom stereocenters. The Bertz CT molecular complexity index is 620. The van der Waals surface area contributed by atoms with Gasteiger partial charge >= 0.3 is 0 Å². The number of hydrogen-bond acceptors (Lipinski definition) is 4. The van der Waals surface area contributed by atoms with E-state index in [4.69, 9.17) is 0 Å². The Balaban J connectivity index is 0.00000132. The number of piperidine rings is 1. The van der Waals surface area contributed by atoms with Gasteiger partial charge in [-0.15, -0.1) is 24.8 Å². The van der Waals surface area contributed by atoms with Crippen LogP contribution in [0.2, 0.25) is 0 Å². The van der Waals surface area contributed by atoms with Gasteiger partial charge in [0, 0.05) is 25.0 Å². The summed E-state index contributed by atoms with van der Waals surface area (Å²) >= 11 is 0. The topological polar surface area (TPSA) is 71.8 Å². The fourth-order valence-corrected chi connectivity index (χ4v) is 2.51. The van der Waals surface area contributed by atoms with E-state index in [-0.39, 0.29) is 36.8 Å². The van der Waals surface area contributed by atoms with Crippen LogP contribution in [0.25, 0.3) is 5.82 Å². The fourth-order valence-electron chi connectivity index (χ4n) is 2.51. The molecule has 0 aromatic carbocycles. The summed E-state index contributed by atoms with van der Waals surface area (Å²) in [6.07, 6.45) is 4.56. The van der Waals surface area contributed by atoms with E-state index in [1.165, 1.54) is 0 Å². The van der Waals surface area contributed by atoms with Gasteiger partial charge in [0.15, 0.2) is 5.82 Å². The second-order valence-electron chi connectivity index (χ2n) is 5.38. The van der Waals surface area contributed by atoms with Gasteiger partial charge in [-0.25, -0.2) is 9.67 Å². The number of carbonyl (C=O) groups is 1. The van der Waals surface area contributed by atoms with Crippen LogP contribution in [0.1, 0.15) is 23.8 Å². The predicted molar refractivity (Wildman–Crippen MR) is 93.8 cm³/mol. The Kier molecular flexibility index (Phi) is 7.48. The molecule has 1 aliphatic rings. The summed E-state index contributed by atoms with van der Waals surface area (Å²) in [5, 5.41) is 10.5. The Labute approximate surface area is 147 Å². The summed E-state index contributed by atoms with van der Waals surface area (Å²) in [5.41, 5.74) is 0.417. The zero-order valence-electron chi connectivity index (χ0n) is 12.8. The predicted octanol–water partition coefficient (Wildman–Crippen LogP) is 1.84. The molecule has 3 rings (SSSR count). The lowest BCUT2D eigenvalue weighted by Crippen LogP contribution is -2.50. The maximum absolute atomic E-state index is 12.3. The average molecular weight is 358 g/mol. The zero-order chi connectivity index (χ0) is 14.7. The first kappa shape index (κ1) is 19.4. The molecule has 1 fully saturated rings. The molecule has 1 saturated heterocycles. The van der Waals surface area contributed by atoms with Gasteiger partial charge in [-0.05, 0) is 37.1 Å². The van der Waals surface area contributed by atoms with Gasteiger partial charge in [-0.2, -0.15) is 5.10 Å². The number of carbonyl (C=O) groups excluding carboxylic acids is 1. The van der Waals surface area contributed by atoms with E-state index >= 15 is 0 Å². The van der Waals surface area contributed by atoms with E-state index in [2.05, 4.69) is 27.6 Å². The van der Waals surface area contributed by atoms with E-state index in [1.807, 2.05) is 18.2 Å². The molecular formula is C15H21Cl2N5O. The van der Waals surface area contributed by atoms with Crippen molar-refractivity contribution in [2.75, 3.05) is 13.1 Å². The molecule has 2 N–H and O–H groups in total. The average Bonchev–Trinajstić information content (AvgIpc) is 3.04. The maximum Gasteiger partial charge on any atom is 0.270 e. The summed E-state index contributed by atoms with van der Waals surface area (Å²) in [6.45, 7) is 3.99. The highest BCUT2D eigenvalue weighted by molar-refractivity contribution is 5.92. The van der Waals surface area contributed by atoms with Crippen molar-refractivity contribution in [1.82, 2.24) is 25.4 Å². The molecule has 0 aliphatic carbocycles. The van der Waals surface area contributed by atoms with Gasteiger partial charge in [-0.1, -0.05) is 13.0 Å². The second kappa shape index (κ2) is 8.86. The van der Waals surface area contributed by atoms with Gasteiger partial charge in [0.25, 0.3) is 5.91 Å². The van der Waals surface area contributed by atoms with E-state index in [0.717, 1.165) is 19.5 Å². The third kappa shape index (κ3) is 4.67. The van der Waals surface area contributed by atoms with Crippen LogP contribution in [0.3, 0.4) is 0 Å². The Morgan fingerprint density at radius 2 is 2.17 bits per heavy atom. The molecule has 2 aromatic heterocycles.